The average Bonchev–Trinajstić information content (AvgIpc) is 2.58. The van der Waals surface area contributed by atoms with E-state index in [0.29, 0.717) is 0 Å². The van der Waals surface area contributed by atoms with Crippen LogP contribution in [0.15, 0.2) is 52.3 Å². The number of hydrogen-bond donors (Lipinski definition) is 2. The Labute approximate surface area is 171 Å². The summed E-state index contributed by atoms with van der Waals surface area (Å²) in [6.07, 6.45) is 1.04. The van der Waals surface area contributed by atoms with E-state index >= 15 is 0 Å². The van der Waals surface area contributed by atoms with Gasteiger partial charge >= 0.3 is 0 Å². The molecule has 0 atom stereocenters. The Morgan fingerprint density at radius 1 is 0.966 bits per heavy atom. The second kappa shape index (κ2) is 8.13. The van der Waals surface area contributed by atoms with Gasteiger partial charge in [0.15, 0.2) is 9.84 Å². The van der Waals surface area contributed by atoms with Gasteiger partial charge in [-0.25, -0.2) is 21.6 Å². The van der Waals surface area contributed by atoms with Crippen LogP contribution in [0.3, 0.4) is 0 Å². The Hall–Kier alpha value is -2.43. The molecule has 0 heterocycles. The monoisotopic (exact) mass is 440 g/mol. The van der Waals surface area contributed by atoms with Gasteiger partial charge in [0.25, 0.3) is 5.91 Å². The largest absolute Gasteiger partial charge is 0.495 e. The van der Waals surface area contributed by atoms with Gasteiger partial charge in [-0.15, -0.1) is 0 Å². The number of rotatable bonds is 6. The number of carbonyl (C=O) groups is 1. The molecule has 0 radical (unpaired) electrons. The van der Waals surface area contributed by atoms with Crippen LogP contribution in [0, 0.1) is 0 Å². The molecule has 0 saturated heterocycles. The van der Waals surface area contributed by atoms with E-state index in [-0.39, 0.29) is 26.8 Å². The highest BCUT2D eigenvalue weighted by Crippen LogP contribution is 2.27. The van der Waals surface area contributed by atoms with Gasteiger partial charge in [0.2, 0.25) is 10.0 Å². The Bertz CT molecular complexity index is 1130. The van der Waals surface area contributed by atoms with Gasteiger partial charge < -0.3 is 10.1 Å². The van der Waals surface area contributed by atoms with Gasteiger partial charge in [-0.1, -0.05) is 12.1 Å². The van der Waals surface area contributed by atoms with Crippen molar-refractivity contribution in [3.63, 3.8) is 0 Å². The van der Waals surface area contributed by atoms with Crippen LogP contribution in [0.1, 0.15) is 31.1 Å². The Balaban J connectivity index is 2.46. The second-order valence-corrected chi connectivity index (χ2v) is 11.1. The van der Waals surface area contributed by atoms with Crippen LogP contribution in [-0.2, 0) is 19.9 Å². The van der Waals surface area contributed by atoms with E-state index in [1.54, 1.807) is 32.9 Å². The van der Waals surface area contributed by atoms with Crippen molar-refractivity contribution in [2.45, 2.75) is 36.1 Å². The highest BCUT2D eigenvalue weighted by atomic mass is 32.2. The number of hydrogen-bond acceptors (Lipinski definition) is 6. The smallest absolute Gasteiger partial charge is 0.255 e. The van der Waals surface area contributed by atoms with Crippen LogP contribution in [0.25, 0.3) is 0 Å². The summed E-state index contributed by atoms with van der Waals surface area (Å²) in [5, 5.41) is 2.52. The lowest BCUT2D eigenvalue weighted by Crippen LogP contribution is -2.40. The fraction of sp³-hybridized carbons (Fsp3) is 0.316. The minimum absolute atomic E-state index is 0.0309. The van der Waals surface area contributed by atoms with E-state index < -0.39 is 31.3 Å². The van der Waals surface area contributed by atoms with Crippen LogP contribution in [0.5, 0.6) is 5.75 Å². The Morgan fingerprint density at radius 3 is 2.14 bits per heavy atom. The van der Waals surface area contributed by atoms with Crippen molar-refractivity contribution in [1.82, 2.24) is 4.72 Å². The van der Waals surface area contributed by atoms with Crippen LogP contribution in [-0.4, -0.2) is 41.6 Å². The number of para-hydroxylation sites is 1. The minimum Gasteiger partial charge on any atom is -0.495 e. The molecule has 158 valence electrons. The molecule has 0 aliphatic rings. The standard InChI is InChI=1S/C19H24N2O6S2/c1-19(2,3)21-29(25,26)17-12-13(10-11-15(17)27-4)18(22)20-14-8-6-7-9-16(14)28(5,23)24/h6-12,21H,1-5H3,(H,20,22). The third kappa shape index (κ3) is 5.78. The molecule has 10 heteroatoms. The average molecular weight is 441 g/mol. The topological polar surface area (TPSA) is 119 Å². The molecule has 8 nitrogen and oxygen atoms in total. The number of methoxy groups -OCH3 is 1. The van der Waals surface area contributed by atoms with Gasteiger partial charge in [-0.2, -0.15) is 0 Å². The summed E-state index contributed by atoms with van der Waals surface area (Å²) in [7, 11) is -6.21. The Morgan fingerprint density at radius 2 is 1.59 bits per heavy atom. The summed E-state index contributed by atoms with van der Waals surface area (Å²) in [5.41, 5.74) is -0.604. The highest BCUT2D eigenvalue weighted by Gasteiger charge is 2.26. The molecule has 0 aromatic heterocycles. The zero-order valence-electron chi connectivity index (χ0n) is 16.8. The second-order valence-electron chi connectivity index (χ2n) is 7.44. The molecule has 2 rings (SSSR count). The van der Waals surface area contributed by atoms with E-state index in [4.69, 9.17) is 4.74 Å². The predicted molar refractivity (Wildman–Crippen MR) is 111 cm³/mol. The maximum absolute atomic E-state index is 12.7. The first-order chi connectivity index (χ1) is 13.2. The van der Waals surface area contributed by atoms with E-state index in [9.17, 15) is 21.6 Å². The summed E-state index contributed by atoms with van der Waals surface area (Å²) < 4.78 is 57.0. The zero-order valence-corrected chi connectivity index (χ0v) is 18.4. The van der Waals surface area contributed by atoms with Gasteiger partial charge in [0.05, 0.1) is 17.7 Å². The van der Waals surface area contributed by atoms with Gasteiger partial charge in [0, 0.05) is 17.4 Å². The van der Waals surface area contributed by atoms with Crippen molar-refractivity contribution < 1.29 is 26.4 Å². The molecule has 0 unspecified atom stereocenters. The lowest BCUT2D eigenvalue weighted by Gasteiger charge is -2.21. The zero-order chi connectivity index (χ0) is 22.0. The van der Waals surface area contributed by atoms with Crippen molar-refractivity contribution in [3.05, 3.63) is 48.0 Å². The first-order valence-electron chi connectivity index (χ1n) is 8.57. The number of sulfonamides is 1. The van der Waals surface area contributed by atoms with Crippen molar-refractivity contribution >= 4 is 31.5 Å². The van der Waals surface area contributed by atoms with Crippen molar-refractivity contribution in [3.8, 4) is 5.75 Å². The fourth-order valence-corrected chi connectivity index (χ4v) is 5.03. The maximum Gasteiger partial charge on any atom is 0.255 e. The van der Waals surface area contributed by atoms with Gasteiger partial charge in [-0.3, -0.25) is 4.79 Å². The summed E-state index contributed by atoms with van der Waals surface area (Å²) >= 11 is 0. The van der Waals surface area contributed by atoms with E-state index in [1.165, 1.54) is 37.4 Å². The van der Waals surface area contributed by atoms with Gasteiger partial charge in [0.1, 0.15) is 10.6 Å². The molecule has 0 aliphatic carbocycles. The van der Waals surface area contributed by atoms with Crippen molar-refractivity contribution in [2.24, 2.45) is 0 Å². The number of benzene rings is 2. The summed E-state index contributed by atoms with van der Waals surface area (Å²) in [5.74, 6) is -0.578. The lowest BCUT2D eigenvalue weighted by molar-refractivity contribution is 0.102. The molecule has 2 N–H and O–H groups in total. The molecule has 0 saturated carbocycles. The van der Waals surface area contributed by atoms with Crippen LogP contribution < -0.4 is 14.8 Å². The highest BCUT2D eigenvalue weighted by molar-refractivity contribution is 7.91. The molecular formula is C19H24N2O6S2. The molecule has 0 aliphatic heterocycles. The minimum atomic E-state index is -3.97. The maximum atomic E-state index is 12.7. The molecule has 2 aromatic rings. The molecule has 0 bridgehead atoms. The number of nitrogens with one attached hydrogen (secondary N) is 2. The lowest BCUT2D eigenvalue weighted by atomic mass is 10.1. The number of carbonyl (C=O) groups excluding carboxylic acids is 1. The SMILES string of the molecule is COc1ccc(C(=O)Nc2ccccc2S(C)(=O)=O)cc1S(=O)(=O)NC(C)(C)C. The number of sulfone groups is 1. The van der Waals surface area contributed by atoms with Crippen molar-refractivity contribution in [2.75, 3.05) is 18.7 Å². The normalized spacial score (nSPS) is 12.4. The number of amides is 1. The molecule has 2 aromatic carbocycles. The van der Waals surface area contributed by atoms with Crippen LogP contribution in [0.2, 0.25) is 0 Å². The predicted octanol–water partition coefficient (Wildman–Crippen LogP) is 2.43. The molecule has 1 amide bonds. The van der Waals surface area contributed by atoms with E-state index in [0.717, 1.165) is 6.26 Å². The first kappa shape index (κ1) is 22.9. The third-order valence-corrected chi connectivity index (χ3v) is 6.62. The fourth-order valence-electron chi connectivity index (χ4n) is 2.57. The first-order valence-corrected chi connectivity index (χ1v) is 11.9. The van der Waals surface area contributed by atoms with Gasteiger partial charge in [-0.05, 0) is 51.1 Å². The van der Waals surface area contributed by atoms with E-state index in [1.807, 2.05) is 0 Å². The Kier molecular flexibility index (Phi) is 6.41. The summed E-state index contributed by atoms with van der Waals surface area (Å²) in [6, 6.07) is 9.91. The summed E-state index contributed by atoms with van der Waals surface area (Å²) in [4.78, 5) is 12.5. The van der Waals surface area contributed by atoms with Crippen LogP contribution >= 0.6 is 0 Å². The molecule has 29 heavy (non-hydrogen) atoms. The van der Waals surface area contributed by atoms with E-state index in [2.05, 4.69) is 10.0 Å². The van der Waals surface area contributed by atoms with Crippen molar-refractivity contribution in [1.29, 1.82) is 0 Å². The quantitative estimate of drug-likeness (QED) is 0.712. The molecular weight excluding hydrogens is 416 g/mol. The molecule has 0 spiro atoms. The number of ether oxygens (including phenoxy) is 1. The van der Waals surface area contributed by atoms with Crippen LogP contribution in [0.4, 0.5) is 5.69 Å². The summed E-state index contributed by atoms with van der Waals surface area (Å²) in [6.45, 7) is 5.07. The molecule has 0 fully saturated rings. The number of anilines is 1. The third-order valence-electron chi connectivity index (χ3n) is 3.69.